The van der Waals surface area contributed by atoms with Crippen LogP contribution in [0.5, 0.6) is 5.75 Å². The molecule has 214 valence electrons. The van der Waals surface area contributed by atoms with E-state index in [2.05, 4.69) is 14.6 Å². The summed E-state index contributed by atoms with van der Waals surface area (Å²) in [5.41, 5.74) is 1.49. The fourth-order valence-electron chi connectivity index (χ4n) is 4.54. The van der Waals surface area contributed by atoms with Gasteiger partial charge in [0.15, 0.2) is 5.52 Å². The summed E-state index contributed by atoms with van der Waals surface area (Å²) in [7, 11) is -4.80. The van der Waals surface area contributed by atoms with Gasteiger partial charge in [-0.15, -0.1) is 0 Å². The molecule has 1 aliphatic heterocycles. The van der Waals surface area contributed by atoms with E-state index in [0.717, 1.165) is 12.8 Å². The Morgan fingerprint density at radius 1 is 1.15 bits per heavy atom. The Balaban J connectivity index is 1.71. The molecule has 15 heteroatoms. The molecular formula is C24H35N6O7PS. The highest BCUT2D eigenvalue weighted by Crippen LogP contribution is 2.41. The summed E-state index contributed by atoms with van der Waals surface area (Å²) in [4.78, 5) is 32.0. The maximum Gasteiger partial charge on any atom is 0.341 e. The van der Waals surface area contributed by atoms with E-state index in [0.29, 0.717) is 41.1 Å². The van der Waals surface area contributed by atoms with Crippen molar-refractivity contribution in [3.63, 3.8) is 0 Å². The zero-order valence-electron chi connectivity index (χ0n) is 22.6. The lowest BCUT2D eigenvalue weighted by Crippen LogP contribution is -2.48. The standard InChI is InChI=1S/C24H35N6O7PS/c1-5-7-19-21-22(28(3)27-19)24(31)26-23(25-21)18-15-17(8-9-20(18)37-14-6-2)39(34,35)30-12-10-29(11-13-30)16-38(32,33)36-4/h8-9,15H,5-7,10-14,16H2,1-4H3,(H,32,33)(H,25,26,31). The molecule has 1 aliphatic rings. The summed E-state index contributed by atoms with van der Waals surface area (Å²) in [6, 6.07) is 4.53. The van der Waals surface area contributed by atoms with E-state index in [4.69, 9.17) is 9.72 Å². The van der Waals surface area contributed by atoms with Crippen molar-refractivity contribution in [2.45, 2.75) is 38.0 Å². The number of aromatic nitrogens is 4. The van der Waals surface area contributed by atoms with Crippen molar-refractivity contribution in [3.8, 4) is 17.1 Å². The van der Waals surface area contributed by atoms with Gasteiger partial charge in [0, 0.05) is 40.3 Å². The van der Waals surface area contributed by atoms with Crippen LogP contribution in [0.4, 0.5) is 0 Å². The van der Waals surface area contributed by atoms with Crippen LogP contribution in [-0.4, -0.2) is 88.4 Å². The molecule has 1 aromatic carbocycles. The van der Waals surface area contributed by atoms with Crippen LogP contribution in [0.15, 0.2) is 27.9 Å². The number of nitrogens with zero attached hydrogens (tertiary/aromatic N) is 5. The average Bonchev–Trinajstić information content (AvgIpc) is 3.23. The SMILES string of the molecule is CCCOc1ccc(S(=O)(=O)N2CCN(CP(=O)(O)OC)CC2)cc1-c1nc2c(CCC)nn(C)c2c(=O)[nH]1. The van der Waals surface area contributed by atoms with Gasteiger partial charge in [-0.1, -0.05) is 20.3 Å². The smallest absolute Gasteiger partial charge is 0.341 e. The highest BCUT2D eigenvalue weighted by molar-refractivity contribution is 7.89. The normalized spacial score (nSPS) is 16.9. The summed E-state index contributed by atoms with van der Waals surface area (Å²) in [6.07, 6.45) is 2.03. The number of fused-ring (bicyclic) bond motifs is 1. The third-order valence-electron chi connectivity index (χ3n) is 6.55. The van der Waals surface area contributed by atoms with Crippen LogP contribution in [0.3, 0.4) is 0 Å². The second-order valence-electron chi connectivity index (χ2n) is 9.42. The first-order chi connectivity index (χ1) is 18.5. The van der Waals surface area contributed by atoms with Gasteiger partial charge >= 0.3 is 7.60 Å². The van der Waals surface area contributed by atoms with Crippen molar-refractivity contribution in [1.29, 1.82) is 0 Å². The van der Waals surface area contributed by atoms with Gasteiger partial charge in [-0.25, -0.2) is 13.4 Å². The van der Waals surface area contributed by atoms with E-state index in [1.54, 1.807) is 18.0 Å². The molecule has 1 unspecified atom stereocenters. The summed E-state index contributed by atoms with van der Waals surface area (Å²) in [5, 5.41) is 4.45. The van der Waals surface area contributed by atoms with Gasteiger partial charge in [0.1, 0.15) is 23.4 Å². The maximum atomic E-state index is 13.6. The molecule has 0 bridgehead atoms. The Kier molecular flexibility index (Phi) is 8.94. The predicted molar refractivity (Wildman–Crippen MR) is 146 cm³/mol. The molecular weight excluding hydrogens is 547 g/mol. The summed E-state index contributed by atoms with van der Waals surface area (Å²) < 4.78 is 52.5. The third-order valence-corrected chi connectivity index (χ3v) is 9.77. The largest absolute Gasteiger partial charge is 0.493 e. The van der Waals surface area contributed by atoms with Crippen molar-refractivity contribution in [2.24, 2.45) is 7.05 Å². The number of ether oxygens (including phenoxy) is 1. The number of sulfonamides is 1. The van der Waals surface area contributed by atoms with E-state index in [1.807, 2.05) is 13.8 Å². The third kappa shape index (κ3) is 6.26. The summed E-state index contributed by atoms with van der Waals surface area (Å²) in [6.45, 7) is 5.23. The maximum absolute atomic E-state index is 13.6. The van der Waals surface area contributed by atoms with Crippen LogP contribution in [0.2, 0.25) is 0 Å². The van der Waals surface area contributed by atoms with Crippen molar-refractivity contribution in [2.75, 3.05) is 46.2 Å². The summed E-state index contributed by atoms with van der Waals surface area (Å²) >= 11 is 0. The highest BCUT2D eigenvalue weighted by Gasteiger charge is 2.32. The molecule has 4 rings (SSSR count). The molecule has 39 heavy (non-hydrogen) atoms. The van der Waals surface area contributed by atoms with Gasteiger partial charge in [0.2, 0.25) is 10.0 Å². The molecule has 2 aromatic heterocycles. The quantitative estimate of drug-likeness (QED) is 0.321. The summed E-state index contributed by atoms with van der Waals surface area (Å²) in [5.74, 6) is 0.603. The molecule has 0 amide bonds. The van der Waals surface area contributed by atoms with Gasteiger partial charge in [0.25, 0.3) is 5.56 Å². The van der Waals surface area contributed by atoms with Crippen molar-refractivity contribution in [3.05, 3.63) is 34.2 Å². The van der Waals surface area contributed by atoms with Crippen LogP contribution >= 0.6 is 7.60 Å². The van der Waals surface area contributed by atoms with E-state index in [-0.39, 0.29) is 48.7 Å². The minimum atomic E-state index is -3.92. The zero-order valence-corrected chi connectivity index (χ0v) is 24.3. The van der Waals surface area contributed by atoms with Gasteiger partial charge in [-0.2, -0.15) is 9.40 Å². The van der Waals surface area contributed by atoms with Crippen molar-refractivity contribution in [1.82, 2.24) is 29.0 Å². The molecule has 1 atom stereocenters. The fourth-order valence-corrected chi connectivity index (χ4v) is 6.90. The van der Waals surface area contributed by atoms with E-state index < -0.39 is 17.6 Å². The number of rotatable bonds is 11. The molecule has 2 N–H and O–H groups in total. The van der Waals surface area contributed by atoms with E-state index >= 15 is 0 Å². The number of H-pyrrole nitrogens is 1. The Hall–Kier alpha value is -2.61. The first-order valence-corrected chi connectivity index (χ1v) is 16.0. The fraction of sp³-hybridized carbons (Fsp3) is 0.542. The molecule has 0 saturated carbocycles. The van der Waals surface area contributed by atoms with Crippen molar-refractivity contribution < 1.29 is 27.1 Å². The molecule has 3 aromatic rings. The van der Waals surface area contributed by atoms with Crippen LogP contribution in [-0.2, 0) is 32.6 Å². The molecule has 1 fully saturated rings. The minimum absolute atomic E-state index is 0.0298. The first kappa shape index (κ1) is 29.4. The molecule has 1 saturated heterocycles. The van der Waals surface area contributed by atoms with Gasteiger partial charge in [-0.3, -0.25) is 18.9 Å². The molecule has 0 aliphatic carbocycles. The van der Waals surface area contributed by atoms with Crippen LogP contribution < -0.4 is 10.3 Å². The number of aryl methyl sites for hydroxylation is 2. The number of nitrogens with one attached hydrogen (secondary N) is 1. The van der Waals surface area contributed by atoms with E-state index in [1.165, 1.54) is 28.2 Å². The lowest BCUT2D eigenvalue weighted by molar-refractivity contribution is 0.194. The number of hydrogen-bond acceptors (Lipinski definition) is 9. The van der Waals surface area contributed by atoms with Gasteiger partial charge in [-0.05, 0) is 31.0 Å². The molecule has 13 nitrogen and oxygen atoms in total. The molecule has 0 spiro atoms. The number of benzene rings is 1. The predicted octanol–water partition coefficient (Wildman–Crippen LogP) is 2.16. The number of aromatic amines is 1. The number of piperazine rings is 1. The lowest BCUT2D eigenvalue weighted by Gasteiger charge is -2.34. The van der Waals surface area contributed by atoms with E-state index in [9.17, 15) is 22.7 Å². The Labute approximate surface area is 227 Å². The highest BCUT2D eigenvalue weighted by atomic mass is 32.2. The number of hydrogen-bond donors (Lipinski definition) is 2. The van der Waals surface area contributed by atoms with Crippen LogP contribution in [0, 0.1) is 0 Å². The second kappa shape index (κ2) is 11.9. The zero-order chi connectivity index (χ0) is 28.4. The second-order valence-corrected chi connectivity index (χ2v) is 13.3. The van der Waals surface area contributed by atoms with Crippen LogP contribution in [0.25, 0.3) is 22.4 Å². The van der Waals surface area contributed by atoms with Crippen molar-refractivity contribution >= 4 is 28.7 Å². The topological polar surface area (TPSA) is 160 Å². The lowest BCUT2D eigenvalue weighted by atomic mass is 10.1. The Morgan fingerprint density at radius 3 is 2.51 bits per heavy atom. The van der Waals surface area contributed by atoms with Gasteiger partial charge < -0.3 is 19.1 Å². The minimum Gasteiger partial charge on any atom is -0.493 e. The molecule has 0 radical (unpaired) electrons. The first-order valence-electron chi connectivity index (χ1n) is 12.8. The van der Waals surface area contributed by atoms with Gasteiger partial charge in [0.05, 0.1) is 22.8 Å². The Morgan fingerprint density at radius 2 is 1.87 bits per heavy atom. The average molecular weight is 583 g/mol. The Bertz CT molecular complexity index is 1550. The van der Waals surface area contributed by atoms with Crippen LogP contribution in [0.1, 0.15) is 32.4 Å². The molecule has 3 heterocycles. The monoisotopic (exact) mass is 582 g/mol.